The second-order valence-electron chi connectivity index (χ2n) is 7.87. The maximum absolute atomic E-state index is 12.6. The van der Waals surface area contributed by atoms with E-state index in [0.29, 0.717) is 5.39 Å². The first-order valence-corrected chi connectivity index (χ1v) is 8.25. The number of amides is 2. The highest BCUT2D eigenvalue weighted by molar-refractivity contribution is 6.10. The van der Waals surface area contributed by atoms with Gasteiger partial charge in [-0.1, -0.05) is 0 Å². The molecule has 0 radical (unpaired) electrons. The van der Waals surface area contributed by atoms with Crippen molar-refractivity contribution < 1.29 is 29.0 Å². The molecule has 2 heterocycles. The Bertz CT molecular complexity index is 861. The molecule has 0 spiro atoms. The van der Waals surface area contributed by atoms with Crippen LogP contribution < -0.4 is 4.90 Å². The highest BCUT2D eigenvalue weighted by Crippen LogP contribution is 2.25. The summed E-state index contributed by atoms with van der Waals surface area (Å²) in [6.07, 6.45) is -0.488. The maximum atomic E-state index is 12.6. The van der Waals surface area contributed by atoms with Gasteiger partial charge in [-0.05, 0) is 53.7 Å². The average Bonchev–Trinajstić information content (AvgIpc) is 2.86. The van der Waals surface area contributed by atoms with E-state index in [-0.39, 0.29) is 11.3 Å². The fourth-order valence-corrected chi connectivity index (χ4v) is 2.19. The van der Waals surface area contributed by atoms with Crippen LogP contribution in [0.4, 0.5) is 20.1 Å². The molecule has 9 nitrogen and oxygen atoms in total. The fourth-order valence-electron chi connectivity index (χ4n) is 2.19. The van der Waals surface area contributed by atoms with Crippen molar-refractivity contribution in [3.05, 3.63) is 24.5 Å². The van der Waals surface area contributed by atoms with Gasteiger partial charge in [-0.15, -0.1) is 0 Å². The van der Waals surface area contributed by atoms with Crippen LogP contribution >= 0.6 is 0 Å². The van der Waals surface area contributed by atoms with E-state index in [9.17, 15) is 14.4 Å². The Labute approximate surface area is 156 Å². The molecule has 2 aromatic rings. The van der Waals surface area contributed by atoms with Crippen LogP contribution in [-0.4, -0.2) is 44.1 Å². The summed E-state index contributed by atoms with van der Waals surface area (Å²) in [6, 6.07) is 2.98. The van der Waals surface area contributed by atoms with E-state index in [1.807, 2.05) is 0 Å². The lowest BCUT2D eigenvalue weighted by atomic mass is 10.2. The number of hydrogen-bond donors (Lipinski definition) is 1. The predicted octanol–water partition coefficient (Wildman–Crippen LogP) is 4.24. The molecule has 2 amide bonds. The van der Waals surface area contributed by atoms with Crippen LogP contribution in [-0.2, 0) is 9.47 Å². The van der Waals surface area contributed by atoms with Gasteiger partial charge in [0.05, 0.1) is 11.9 Å². The first kappa shape index (κ1) is 20.2. The van der Waals surface area contributed by atoms with Gasteiger partial charge in [-0.3, -0.25) is 0 Å². The molecule has 9 heteroatoms. The van der Waals surface area contributed by atoms with Crippen LogP contribution in [0.5, 0.6) is 0 Å². The molecule has 0 fully saturated rings. The third-order valence-electron chi connectivity index (χ3n) is 3.13. The number of aromatic nitrogens is 2. The van der Waals surface area contributed by atoms with Crippen molar-refractivity contribution in [2.45, 2.75) is 52.7 Å². The zero-order valence-corrected chi connectivity index (χ0v) is 16.1. The van der Waals surface area contributed by atoms with Gasteiger partial charge in [0.15, 0.2) is 0 Å². The zero-order chi connectivity index (χ0) is 20.6. The molecule has 1 N–H and O–H groups in total. The molecule has 0 atom stereocenters. The van der Waals surface area contributed by atoms with Crippen molar-refractivity contribution in [1.82, 2.24) is 9.55 Å². The summed E-state index contributed by atoms with van der Waals surface area (Å²) < 4.78 is 11.5. The Morgan fingerprint density at radius 2 is 1.56 bits per heavy atom. The average molecular weight is 377 g/mol. The van der Waals surface area contributed by atoms with Crippen LogP contribution in [0.15, 0.2) is 24.5 Å². The highest BCUT2D eigenvalue weighted by Gasteiger charge is 2.33. The van der Waals surface area contributed by atoms with Gasteiger partial charge < -0.3 is 14.6 Å². The topological polar surface area (TPSA) is 111 Å². The molecule has 0 unspecified atom stereocenters. The molecule has 146 valence electrons. The zero-order valence-electron chi connectivity index (χ0n) is 16.1. The van der Waals surface area contributed by atoms with Crippen LogP contribution in [0.1, 0.15) is 41.5 Å². The SMILES string of the molecule is CC(C)(C)OC(=O)N(C(=O)OC(C)(C)C)c1cnc2c(ccn2C(=O)O)c1. The first-order valence-electron chi connectivity index (χ1n) is 8.25. The Morgan fingerprint density at radius 1 is 1.04 bits per heavy atom. The second kappa shape index (κ2) is 6.90. The Balaban J connectivity index is 2.49. The van der Waals surface area contributed by atoms with Gasteiger partial charge in [-0.2, -0.15) is 4.90 Å². The smallest absolute Gasteiger partial charge is 0.424 e. The molecule has 0 aliphatic carbocycles. The Morgan fingerprint density at radius 3 is 2.00 bits per heavy atom. The lowest BCUT2D eigenvalue weighted by Crippen LogP contribution is -2.43. The van der Waals surface area contributed by atoms with E-state index >= 15 is 0 Å². The quantitative estimate of drug-likeness (QED) is 0.791. The van der Waals surface area contributed by atoms with E-state index in [2.05, 4.69) is 4.98 Å². The number of carbonyl (C=O) groups is 3. The minimum atomic E-state index is -1.19. The Kier molecular flexibility index (Phi) is 5.17. The number of imide groups is 1. The number of carboxylic acid groups (broad SMARTS) is 1. The van der Waals surface area contributed by atoms with Gasteiger partial charge in [0.2, 0.25) is 0 Å². The van der Waals surface area contributed by atoms with Crippen LogP contribution in [0.25, 0.3) is 11.0 Å². The third-order valence-corrected chi connectivity index (χ3v) is 3.13. The molecule has 0 aliphatic rings. The molecular formula is C18H23N3O6. The number of anilines is 1. The minimum absolute atomic E-state index is 0.106. The van der Waals surface area contributed by atoms with Crippen molar-refractivity contribution in [1.29, 1.82) is 0 Å². The van der Waals surface area contributed by atoms with Crippen molar-refractivity contribution >= 4 is 35.0 Å². The molecular weight excluding hydrogens is 354 g/mol. The molecule has 0 bridgehead atoms. The van der Waals surface area contributed by atoms with E-state index in [0.717, 1.165) is 9.47 Å². The molecule has 2 rings (SSSR count). The normalized spacial score (nSPS) is 11.9. The summed E-state index contributed by atoms with van der Waals surface area (Å²) in [5.74, 6) is 0. The number of hydrogen-bond acceptors (Lipinski definition) is 6. The highest BCUT2D eigenvalue weighted by atomic mass is 16.6. The van der Waals surface area contributed by atoms with Gasteiger partial charge in [0.1, 0.15) is 16.8 Å². The van der Waals surface area contributed by atoms with Crippen LogP contribution in [0.3, 0.4) is 0 Å². The summed E-state index contributed by atoms with van der Waals surface area (Å²) in [4.78, 5) is 41.2. The van der Waals surface area contributed by atoms with Crippen molar-refractivity contribution in [2.24, 2.45) is 0 Å². The lowest BCUT2D eigenvalue weighted by Gasteiger charge is -2.28. The number of pyridine rings is 1. The van der Waals surface area contributed by atoms with Crippen molar-refractivity contribution in [3.8, 4) is 0 Å². The van der Waals surface area contributed by atoms with E-state index in [4.69, 9.17) is 14.6 Å². The molecule has 0 aromatic carbocycles. The van der Waals surface area contributed by atoms with E-state index in [1.165, 1.54) is 24.5 Å². The number of nitrogens with zero attached hydrogens (tertiary/aromatic N) is 3. The van der Waals surface area contributed by atoms with Gasteiger partial charge in [0.25, 0.3) is 0 Å². The molecule has 0 saturated heterocycles. The number of fused-ring (bicyclic) bond motifs is 1. The van der Waals surface area contributed by atoms with Gasteiger partial charge in [0, 0.05) is 11.6 Å². The summed E-state index contributed by atoms with van der Waals surface area (Å²) in [5.41, 5.74) is -1.38. The third kappa shape index (κ3) is 4.96. The second-order valence-corrected chi connectivity index (χ2v) is 7.87. The molecule has 27 heavy (non-hydrogen) atoms. The van der Waals surface area contributed by atoms with E-state index < -0.39 is 29.5 Å². The largest absolute Gasteiger partial charge is 0.464 e. The van der Waals surface area contributed by atoms with Crippen molar-refractivity contribution in [2.75, 3.05) is 4.90 Å². The monoisotopic (exact) mass is 377 g/mol. The predicted molar refractivity (Wildman–Crippen MR) is 98.1 cm³/mol. The number of ether oxygens (including phenoxy) is 2. The minimum Gasteiger partial charge on any atom is -0.464 e. The fraction of sp³-hybridized carbons (Fsp3) is 0.444. The first-order chi connectivity index (χ1) is 12.3. The van der Waals surface area contributed by atoms with Crippen molar-refractivity contribution in [3.63, 3.8) is 0 Å². The molecule has 2 aromatic heterocycles. The Hall–Kier alpha value is -3.10. The number of rotatable bonds is 1. The number of carbonyl (C=O) groups excluding carboxylic acids is 2. The van der Waals surface area contributed by atoms with Crippen LogP contribution in [0.2, 0.25) is 0 Å². The van der Waals surface area contributed by atoms with Gasteiger partial charge >= 0.3 is 18.3 Å². The van der Waals surface area contributed by atoms with E-state index in [1.54, 1.807) is 41.5 Å². The summed E-state index contributed by atoms with van der Waals surface area (Å²) in [5, 5.41) is 9.58. The van der Waals surface area contributed by atoms with Crippen LogP contribution in [0, 0.1) is 0 Å². The summed E-state index contributed by atoms with van der Waals surface area (Å²) >= 11 is 0. The lowest BCUT2D eigenvalue weighted by molar-refractivity contribution is 0.0430. The maximum Gasteiger partial charge on any atom is 0.424 e. The standard InChI is InChI=1S/C18H23N3O6/c1-17(2,3)26-15(24)21(16(25)27-18(4,5)6)12-9-11-7-8-20(14(22)23)13(11)19-10-12/h7-10H,1-6H3,(H,22,23). The molecule has 0 aliphatic heterocycles. The summed E-state index contributed by atoms with van der Waals surface area (Å²) in [6.45, 7) is 10.0. The summed E-state index contributed by atoms with van der Waals surface area (Å²) in [7, 11) is 0. The van der Waals surface area contributed by atoms with Gasteiger partial charge in [-0.25, -0.2) is 23.9 Å². The molecule has 0 saturated carbocycles.